The van der Waals surface area contributed by atoms with E-state index in [1.54, 1.807) is 6.08 Å². The molecule has 0 unspecified atom stereocenters. The van der Waals surface area contributed by atoms with E-state index in [0.717, 1.165) is 11.3 Å². The summed E-state index contributed by atoms with van der Waals surface area (Å²) in [4.78, 5) is 12.3. The standard InChI is InChI=1S/C16H17Cl2NO3/c1-16(2)10(6-13(17)18)14(16)15(20)19-7-9-3-4-11-12(5-9)22-8-21-11/h3-6,10,14H,7-8H2,1-2H3,(H,19,20)/t10-,14+/m0/s1. The minimum Gasteiger partial charge on any atom is -0.454 e. The summed E-state index contributed by atoms with van der Waals surface area (Å²) in [6.07, 6.45) is 1.74. The third kappa shape index (κ3) is 2.90. The van der Waals surface area contributed by atoms with Crippen molar-refractivity contribution in [2.45, 2.75) is 20.4 Å². The number of benzene rings is 1. The van der Waals surface area contributed by atoms with Crippen LogP contribution in [0.3, 0.4) is 0 Å². The topological polar surface area (TPSA) is 47.6 Å². The number of carbonyl (C=O) groups excluding carboxylic acids is 1. The molecule has 4 nitrogen and oxygen atoms in total. The maximum absolute atomic E-state index is 12.3. The zero-order valence-corrected chi connectivity index (χ0v) is 13.9. The minimum atomic E-state index is -0.117. The molecule has 1 aromatic rings. The van der Waals surface area contributed by atoms with Gasteiger partial charge in [-0.1, -0.05) is 43.1 Å². The van der Waals surface area contributed by atoms with Crippen LogP contribution in [0.5, 0.6) is 11.5 Å². The van der Waals surface area contributed by atoms with Crippen LogP contribution in [0, 0.1) is 17.3 Å². The first-order valence-corrected chi connectivity index (χ1v) is 7.84. The Kier molecular flexibility index (Phi) is 4.00. The molecule has 1 saturated carbocycles. The summed E-state index contributed by atoms with van der Waals surface area (Å²) in [6, 6.07) is 5.65. The quantitative estimate of drug-likeness (QED) is 0.909. The van der Waals surface area contributed by atoms with Crippen molar-refractivity contribution in [3.8, 4) is 11.5 Å². The van der Waals surface area contributed by atoms with Gasteiger partial charge < -0.3 is 14.8 Å². The molecule has 3 rings (SSSR count). The zero-order valence-electron chi connectivity index (χ0n) is 12.4. The van der Waals surface area contributed by atoms with Crippen molar-refractivity contribution in [3.05, 3.63) is 34.3 Å². The van der Waals surface area contributed by atoms with Crippen molar-refractivity contribution in [3.63, 3.8) is 0 Å². The Balaban J connectivity index is 1.60. The molecule has 0 aromatic heterocycles. The van der Waals surface area contributed by atoms with Crippen LogP contribution >= 0.6 is 23.2 Å². The second kappa shape index (κ2) is 5.67. The summed E-state index contributed by atoms with van der Waals surface area (Å²) in [5.74, 6) is 1.44. The fourth-order valence-electron chi connectivity index (χ4n) is 2.98. The Bertz CT molecular complexity index is 638. The van der Waals surface area contributed by atoms with Crippen molar-refractivity contribution in [1.29, 1.82) is 0 Å². The van der Waals surface area contributed by atoms with Crippen LogP contribution in [0.25, 0.3) is 0 Å². The molecular weight excluding hydrogens is 325 g/mol. The van der Waals surface area contributed by atoms with Crippen LogP contribution in [0.2, 0.25) is 0 Å². The predicted molar refractivity (Wildman–Crippen MR) is 85.0 cm³/mol. The number of hydrogen-bond donors (Lipinski definition) is 1. The van der Waals surface area contributed by atoms with E-state index in [-0.39, 0.29) is 34.4 Å². The number of ether oxygens (including phenoxy) is 2. The number of nitrogens with one attached hydrogen (secondary N) is 1. The van der Waals surface area contributed by atoms with Crippen molar-refractivity contribution >= 4 is 29.1 Å². The van der Waals surface area contributed by atoms with Gasteiger partial charge in [0.2, 0.25) is 12.7 Å². The Labute approximate surface area is 139 Å². The Hall–Kier alpha value is -1.39. The molecule has 1 amide bonds. The second-order valence-corrected chi connectivity index (χ2v) is 7.19. The highest BCUT2D eigenvalue weighted by atomic mass is 35.5. The maximum atomic E-state index is 12.3. The third-order valence-electron chi connectivity index (χ3n) is 4.40. The Morgan fingerprint density at radius 1 is 1.36 bits per heavy atom. The molecule has 1 fully saturated rings. The van der Waals surface area contributed by atoms with Crippen LogP contribution in [-0.4, -0.2) is 12.7 Å². The molecule has 1 heterocycles. The molecule has 2 aliphatic rings. The first kappa shape index (κ1) is 15.5. The molecule has 1 aliphatic carbocycles. The van der Waals surface area contributed by atoms with Gasteiger partial charge in [-0.25, -0.2) is 0 Å². The van der Waals surface area contributed by atoms with E-state index in [1.165, 1.54) is 0 Å². The molecule has 0 spiro atoms. The first-order chi connectivity index (χ1) is 10.4. The molecule has 0 saturated heterocycles. The zero-order chi connectivity index (χ0) is 15.9. The third-order valence-corrected chi connectivity index (χ3v) is 4.65. The van der Waals surface area contributed by atoms with Crippen LogP contribution in [0.1, 0.15) is 19.4 Å². The number of fused-ring (bicyclic) bond motifs is 1. The maximum Gasteiger partial charge on any atom is 0.231 e. The number of amides is 1. The Morgan fingerprint density at radius 3 is 2.82 bits per heavy atom. The van der Waals surface area contributed by atoms with E-state index in [2.05, 4.69) is 5.32 Å². The van der Waals surface area contributed by atoms with Crippen LogP contribution in [-0.2, 0) is 11.3 Å². The summed E-state index contributed by atoms with van der Waals surface area (Å²) >= 11 is 11.4. The second-order valence-electron chi connectivity index (χ2n) is 6.19. The van der Waals surface area contributed by atoms with E-state index in [4.69, 9.17) is 32.7 Å². The lowest BCUT2D eigenvalue weighted by atomic mass is 10.1. The van der Waals surface area contributed by atoms with E-state index >= 15 is 0 Å². The number of carbonyl (C=O) groups is 1. The smallest absolute Gasteiger partial charge is 0.231 e. The summed E-state index contributed by atoms with van der Waals surface area (Å²) in [7, 11) is 0. The highest BCUT2D eigenvalue weighted by molar-refractivity contribution is 6.55. The van der Waals surface area contributed by atoms with Crippen molar-refractivity contribution in [1.82, 2.24) is 5.32 Å². The predicted octanol–water partition coefficient (Wildman–Crippen LogP) is 3.62. The molecule has 22 heavy (non-hydrogen) atoms. The van der Waals surface area contributed by atoms with Gasteiger partial charge in [0.25, 0.3) is 0 Å². The fraction of sp³-hybridized carbons (Fsp3) is 0.438. The summed E-state index contributed by atoms with van der Waals surface area (Å²) < 4.78 is 10.8. The average molecular weight is 342 g/mol. The fourth-order valence-corrected chi connectivity index (χ4v) is 3.25. The number of halogens is 2. The first-order valence-electron chi connectivity index (χ1n) is 7.08. The lowest BCUT2D eigenvalue weighted by molar-refractivity contribution is -0.123. The highest BCUT2D eigenvalue weighted by Crippen LogP contribution is 2.59. The number of allylic oxidation sites excluding steroid dienone is 1. The molecule has 0 radical (unpaired) electrons. The molecule has 1 aliphatic heterocycles. The van der Waals surface area contributed by atoms with Gasteiger partial charge in [0.15, 0.2) is 11.5 Å². The summed E-state index contributed by atoms with van der Waals surface area (Å²) in [5.41, 5.74) is 0.854. The van der Waals surface area contributed by atoms with Gasteiger partial charge >= 0.3 is 0 Å². The van der Waals surface area contributed by atoms with Crippen molar-refractivity contribution in [2.24, 2.45) is 17.3 Å². The van der Waals surface area contributed by atoms with Gasteiger partial charge in [-0.15, -0.1) is 0 Å². The monoisotopic (exact) mass is 341 g/mol. The van der Waals surface area contributed by atoms with Gasteiger partial charge in [0.1, 0.15) is 4.49 Å². The molecule has 6 heteroatoms. The van der Waals surface area contributed by atoms with E-state index in [1.807, 2.05) is 32.0 Å². The normalized spacial score (nSPS) is 23.8. The molecule has 118 valence electrons. The van der Waals surface area contributed by atoms with Gasteiger partial charge in [0.05, 0.1) is 5.92 Å². The molecule has 1 aromatic carbocycles. The van der Waals surface area contributed by atoms with Crippen molar-refractivity contribution in [2.75, 3.05) is 6.79 Å². The van der Waals surface area contributed by atoms with E-state index < -0.39 is 0 Å². The van der Waals surface area contributed by atoms with Crippen LogP contribution in [0.4, 0.5) is 0 Å². The highest BCUT2D eigenvalue weighted by Gasteiger charge is 2.60. The molecular formula is C16H17Cl2NO3. The van der Waals surface area contributed by atoms with Gasteiger partial charge in [0, 0.05) is 6.54 Å². The van der Waals surface area contributed by atoms with E-state index in [9.17, 15) is 4.79 Å². The summed E-state index contributed by atoms with van der Waals surface area (Å²) in [5, 5.41) is 2.96. The SMILES string of the molecule is CC1(C)[C@@H](C=C(Cl)Cl)[C@@H]1C(=O)NCc1ccc2c(c1)OCO2. The van der Waals surface area contributed by atoms with Crippen LogP contribution in [0.15, 0.2) is 28.8 Å². The largest absolute Gasteiger partial charge is 0.454 e. The average Bonchev–Trinajstić information content (AvgIpc) is 2.83. The lowest BCUT2D eigenvalue weighted by Gasteiger charge is -2.07. The molecule has 2 atom stereocenters. The van der Waals surface area contributed by atoms with Gasteiger partial charge in [-0.05, 0) is 35.1 Å². The lowest BCUT2D eigenvalue weighted by Crippen LogP contribution is -2.26. The van der Waals surface area contributed by atoms with E-state index in [0.29, 0.717) is 12.3 Å². The van der Waals surface area contributed by atoms with Crippen LogP contribution < -0.4 is 14.8 Å². The number of rotatable bonds is 4. The molecule has 1 N–H and O–H groups in total. The Morgan fingerprint density at radius 2 is 2.09 bits per heavy atom. The van der Waals surface area contributed by atoms with Crippen molar-refractivity contribution < 1.29 is 14.3 Å². The van der Waals surface area contributed by atoms with Gasteiger partial charge in [-0.2, -0.15) is 0 Å². The minimum absolute atomic E-state index is 0.0125. The van der Waals surface area contributed by atoms with Gasteiger partial charge in [-0.3, -0.25) is 4.79 Å². The number of hydrogen-bond acceptors (Lipinski definition) is 3. The summed E-state index contributed by atoms with van der Waals surface area (Å²) in [6.45, 7) is 4.77. The molecule has 0 bridgehead atoms.